The molecule has 4 aromatic rings. The van der Waals surface area contributed by atoms with Crippen molar-refractivity contribution < 1.29 is 0 Å². The topological polar surface area (TPSA) is 67.2 Å². The smallest absolute Gasteiger partial charge is 0.199 e. The number of hydrogen-bond acceptors (Lipinski definition) is 4. The van der Waals surface area contributed by atoms with E-state index in [0.29, 0.717) is 9.54 Å². The zero-order chi connectivity index (χ0) is 21.8. The second-order valence-electron chi connectivity index (χ2n) is 7.69. The van der Waals surface area contributed by atoms with E-state index in [-0.39, 0.29) is 0 Å². The Morgan fingerprint density at radius 1 is 0.677 bits per heavy atom. The molecule has 2 heterocycles. The predicted molar refractivity (Wildman–Crippen MR) is 128 cm³/mol. The molecular weight excluding hydrogens is 424 g/mol. The second kappa shape index (κ2) is 9.53. The standard InChI is InChI=1S/C23H26N6S2/c1-16-10-6-8-12-18(16)28-20(24-26-22(28)30)14-4-3-5-15-21-25-27-23(31)29(21)19-13-9-7-11-17(19)2/h6-13H,3-5,14-15H2,1-2H3,(H,26,30)(H,27,31). The molecule has 0 aliphatic heterocycles. The fourth-order valence-electron chi connectivity index (χ4n) is 3.86. The summed E-state index contributed by atoms with van der Waals surface area (Å²) < 4.78 is 5.37. The van der Waals surface area contributed by atoms with Gasteiger partial charge in [0.2, 0.25) is 0 Å². The van der Waals surface area contributed by atoms with E-state index in [9.17, 15) is 0 Å². The first-order valence-electron chi connectivity index (χ1n) is 10.5. The minimum Gasteiger partial charge on any atom is -0.272 e. The number of unbranched alkanes of at least 4 members (excludes halogenated alkanes) is 2. The van der Waals surface area contributed by atoms with Gasteiger partial charge < -0.3 is 0 Å². The summed E-state index contributed by atoms with van der Waals surface area (Å²) >= 11 is 10.9. The predicted octanol–water partition coefficient (Wildman–Crippen LogP) is 5.75. The molecule has 31 heavy (non-hydrogen) atoms. The molecule has 8 heteroatoms. The monoisotopic (exact) mass is 450 g/mol. The summed E-state index contributed by atoms with van der Waals surface area (Å²) in [6, 6.07) is 16.5. The van der Waals surface area contributed by atoms with Crippen LogP contribution in [0.2, 0.25) is 0 Å². The Labute approximate surface area is 192 Å². The second-order valence-corrected chi connectivity index (χ2v) is 8.47. The molecule has 0 spiro atoms. The number of nitrogens with one attached hydrogen (secondary N) is 2. The van der Waals surface area contributed by atoms with Crippen molar-refractivity contribution in [3.8, 4) is 11.4 Å². The van der Waals surface area contributed by atoms with Crippen molar-refractivity contribution in [1.29, 1.82) is 0 Å². The molecule has 160 valence electrons. The lowest BCUT2D eigenvalue weighted by Gasteiger charge is -2.10. The van der Waals surface area contributed by atoms with Crippen LogP contribution >= 0.6 is 24.4 Å². The molecule has 2 aromatic heterocycles. The highest BCUT2D eigenvalue weighted by molar-refractivity contribution is 7.71. The van der Waals surface area contributed by atoms with Crippen molar-refractivity contribution in [3.63, 3.8) is 0 Å². The van der Waals surface area contributed by atoms with Gasteiger partial charge in [-0.15, -0.1) is 0 Å². The summed E-state index contributed by atoms with van der Waals surface area (Å²) in [6.45, 7) is 4.18. The van der Waals surface area contributed by atoms with Gasteiger partial charge in [0.05, 0.1) is 11.4 Å². The molecule has 0 amide bonds. The van der Waals surface area contributed by atoms with E-state index in [0.717, 1.165) is 55.1 Å². The van der Waals surface area contributed by atoms with Crippen LogP contribution in [0.3, 0.4) is 0 Å². The van der Waals surface area contributed by atoms with Crippen LogP contribution in [-0.4, -0.2) is 29.5 Å². The summed E-state index contributed by atoms with van der Waals surface area (Å²) in [6.07, 6.45) is 4.86. The number of aromatic amines is 2. The van der Waals surface area contributed by atoms with Crippen LogP contribution in [-0.2, 0) is 12.8 Å². The first kappa shape index (κ1) is 21.4. The maximum Gasteiger partial charge on any atom is 0.199 e. The minimum absolute atomic E-state index is 0.637. The van der Waals surface area contributed by atoms with E-state index < -0.39 is 0 Å². The summed E-state index contributed by atoms with van der Waals surface area (Å²) in [5, 5.41) is 14.8. The van der Waals surface area contributed by atoms with E-state index in [4.69, 9.17) is 24.4 Å². The molecule has 6 nitrogen and oxygen atoms in total. The van der Waals surface area contributed by atoms with Crippen LogP contribution in [0, 0.1) is 23.4 Å². The molecule has 0 fully saturated rings. The number of aryl methyl sites for hydroxylation is 4. The third kappa shape index (κ3) is 4.60. The number of para-hydroxylation sites is 2. The van der Waals surface area contributed by atoms with E-state index >= 15 is 0 Å². The number of nitrogens with zero attached hydrogens (tertiary/aromatic N) is 4. The van der Waals surface area contributed by atoms with Gasteiger partial charge in [0.25, 0.3) is 0 Å². The number of H-pyrrole nitrogens is 2. The Morgan fingerprint density at radius 2 is 1.10 bits per heavy atom. The molecule has 0 atom stereocenters. The van der Waals surface area contributed by atoms with E-state index in [1.165, 1.54) is 11.1 Å². The molecule has 0 unspecified atom stereocenters. The van der Waals surface area contributed by atoms with Crippen LogP contribution in [0.4, 0.5) is 0 Å². The SMILES string of the molecule is Cc1ccccc1-n1c(CCCCCc2n[nH]c(=S)n2-c2ccccc2C)n[nH]c1=S. The lowest BCUT2D eigenvalue weighted by atomic mass is 10.1. The fraction of sp³-hybridized carbons (Fsp3) is 0.304. The largest absolute Gasteiger partial charge is 0.272 e. The highest BCUT2D eigenvalue weighted by atomic mass is 32.1. The van der Waals surface area contributed by atoms with Crippen LogP contribution in [0.25, 0.3) is 11.4 Å². The third-order valence-corrected chi connectivity index (χ3v) is 6.04. The molecule has 0 saturated heterocycles. The lowest BCUT2D eigenvalue weighted by molar-refractivity contribution is 0.637. The molecule has 2 N–H and O–H groups in total. The summed E-state index contributed by atoms with van der Waals surface area (Å²) in [5.74, 6) is 1.95. The fourth-order valence-corrected chi connectivity index (χ4v) is 4.36. The van der Waals surface area contributed by atoms with E-state index in [1.807, 2.05) is 33.4 Å². The van der Waals surface area contributed by atoms with Crippen molar-refractivity contribution >= 4 is 24.4 Å². The molecule has 0 saturated carbocycles. The number of hydrogen-bond donors (Lipinski definition) is 2. The van der Waals surface area contributed by atoms with Crippen molar-refractivity contribution in [2.24, 2.45) is 0 Å². The Kier molecular flexibility index (Phi) is 6.58. The van der Waals surface area contributed by atoms with Crippen molar-refractivity contribution in [1.82, 2.24) is 29.5 Å². The van der Waals surface area contributed by atoms with Gasteiger partial charge in [-0.3, -0.25) is 19.3 Å². The van der Waals surface area contributed by atoms with Gasteiger partial charge in [-0.2, -0.15) is 10.2 Å². The van der Waals surface area contributed by atoms with Gasteiger partial charge in [-0.05, 0) is 74.4 Å². The van der Waals surface area contributed by atoms with Crippen molar-refractivity contribution in [2.75, 3.05) is 0 Å². The third-order valence-electron chi connectivity index (χ3n) is 5.50. The van der Waals surface area contributed by atoms with Gasteiger partial charge >= 0.3 is 0 Å². The van der Waals surface area contributed by atoms with Gasteiger partial charge in [-0.25, -0.2) is 0 Å². The van der Waals surface area contributed by atoms with E-state index in [1.54, 1.807) is 0 Å². The van der Waals surface area contributed by atoms with Gasteiger partial charge in [0.1, 0.15) is 11.6 Å². The molecule has 0 bridgehead atoms. The quantitative estimate of drug-likeness (QED) is 0.265. The molecule has 2 aromatic carbocycles. The average Bonchev–Trinajstić information content (AvgIpc) is 3.31. The molecular formula is C23H26N6S2. The highest BCUT2D eigenvalue weighted by Crippen LogP contribution is 2.19. The van der Waals surface area contributed by atoms with Crippen LogP contribution in [0.15, 0.2) is 48.5 Å². The minimum atomic E-state index is 0.637. The van der Waals surface area contributed by atoms with Crippen molar-refractivity contribution in [2.45, 2.75) is 46.0 Å². The van der Waals surface area contributed by atoms with Crippen LogP contribution < -0.4 is 0 Å². The Hall–Kier alpha value is -2.84. The normalized spacial score (nSPS) is 11.2. The Morgan fingerprint density at radius 3 is 1.52 bits per heavy atom. The van der Waals surface area contributed by atoms with Crippen molar-refractivity contribution in [3.05, 3.63) is 80.8 Å². The molecule has 0 aliphatic carbocycles. The molecule has 0 aliphatic rings. The highest BCUT2D eigenvalue weighted by Gasteiger charge is 2.12. The maximum atomic E-state index is 5.47. The maximum absolute atomic E-state index is 5.47. The van der Waals surface area contributed by atoms with Gasteiger partial charge in [0, 0.05) is 12.8 Å². The van der Waals surface area contributed by atoms with Gasteiger partial charge in [-0.1, -0.05) is 42.8 Å². The van der Waals surface area contributed by atoms with Crippen LogP contribution in [0.5, 0.6) is 0 Å². The summed E-state index contributed by atoms with van der Waals surface area (Å²) in [4.78, 5) is 0. The first-order valence-corrected chi connectivity index (χ1v) is 11.3. The number of aromatic nitrogens is 6. The molecule has 4 rings (SSSR count). The average molecular weight is 451 g/mol. The summed E-state index contributed by atoms with van der Waals surface area (Å²) in [7, 11) is 0. The molecule has 0 radical (unpaired) electrons. The Bertz CT molecular complexity index is 1190. The zero-order valence-corrected chi connectivity index (χ0v) is 19.4. The van der Waals surface area contributed by atoms with Crippen LogP contribution in [0.1, 0.15) is 42.0 Å². The number of benzene rings is 2. The Balaban J connectivity index is 1.39. The number of rotatable bonds is 8. The van der Waals surface area contributed by atoms with Gasteiger partial charge in [0.15, 0.2) is 9.54 Å². The zero-order valence-electron chi connectivity index (χ0n) is 17.8. The summed E-state index contributed by atoms with van der Waals surface area (Å²) in [5.41, 5.74) is 4.54. The van der Waals surface area contributed by atoms with E-state index in [2.05, 4.69) is 58.5 Å². The first-order chi connectivity index (χ1) is 15.1. The lowest BCUT2D eigenvalue weighted by Crippen LogP contribution is -2.05.